The van der Waals surface area contributed by atoms with Crippen LogP contribution in [0.3, 0.4) is 0 Å². The summed E-state index contributed by atoms with van der Waals surface area (Å²) in [6.07, 6.45) is 4.01. The average Bonchev–Trinajstić information content (AvgIpc) is 3.16. The minimum absolute atomic E-state index is 0.0660. The van der Waals surface area contributed by atoms with Gasteiger partial charge in [-0.2, -0.15) is 0 Å². The number of nitrogen functional groups attached to an aromatic ring is 1. The molecule has 106 valence electrons. The summed E-state index contributed by atoms with van der Waals surface area (Å²) in [5.41, 5.74) is 6.84. The van der Waals surface area contributed by atoms with Crippen molar-refractivity contribution in [3.8, 4) is 0 Å². The van der Waals surface area contributed by atoms with Gasteiger partial charge in [-0.05, 0) is 33.6 Å². The summed E-state index contributed by atoms with van der Waals surface area (Å²) in [7, 11) is 0. The summed E-state index contributed by atoms with van der Waals surface area (Å²) in [5.74, 6) is 4.06. The summed E-state index contributed by atoms with van der Waals surface area (Å²) in [4.78, 5) is 13.2. The predicted molar refractivity (Wildman–Crippen MR) is 76.4 cm³/mol. The van der Waals surface area contributed by atoms with Crippen molar-refractivity contribution < 1.29 is 4.42 Å². The van der Waals surface area contributed by atoms with Crippen LogP contribution >= 0.6 is 0 Å². The van der Waals surface area contributed by atoms with Crippen LogP contribution in [0.15, 0.2) is 10.6 Å². The van der Waals surface area contributed by atoms with Gasteiger partial charge in [0.25, 0.3) is 0 Å². The van der Waals surface area contributed by atoms with E-state index in [0.29, 0.717) is 17.6 Å². The number of nitrogens with two attached hydrogens (primary N) is 1. The Morgan fingerprint density at radius 1 is 1.35 bits per heavy atom. The van der Waals surface area contributed by atoms with Crippen LogP contribution in [0.2, 0.25) is 0 Å². The molecule has 20 heavy (non-hydrogen) atoms. The number of aryl methyl sites for hydroxylation is 1. The molecular formula is C14H19N5O. The fourth-order valence-corrected chi connectivity index (χ4v) is 2.06. The second kappa shape index (κ2) is 4.77. The molecule has 1 unspecified atom stereocenters. The first-order valence-electron chi connectivity index (χ1n) is 6.87. The summed E-state index contributed by atoms with van der Waals surface area (Å²) in [6.45, 7) is 5.78. The molecule has 1 fully saturated rings. The van der Waals surface area contributed by atoms with Crippen molar-refractivity contribution in [2.24, 2.45) is 0 Å². The molecule has 0 bridgehead atoms. The fourth-order valence-electron chi connectivity index (χ4n) is 2.06. The molecule has 1 saturated carbocycles. The molecule has 1 aliphatic rings. The van der Waals surface area contributed by atoms with Gasteiger partial charge in [0.05, 0.1) is 6.20 Å². The van der Waals surface area contributed by atoms with Gasteiger partial charge in [0.15, 0.2) is 0 Å². The highest BCUT2D eigenvalue weighted by atomic mass is 16.4. The number of nitrogens with one attached hydrogen (secondary N) is 1. The van der Waals surface area contributed by atoms with Crippen LogP contribution in [0.1, 0.15) is 54.8 Å². The number of anilines is 2. The van der Waals surface area contributed by atoms with E-state index in [-0.39, 0.29) is 6.04 Å². The molecule has 0 spiro atoms. The molecule has 1 atom stereocenters. The van der Waals surface area contributed by atoms with Crippen molar-refractivity contribution in [2.45, 2.75) is 45.6 Å². The molecule has 0 amide bonds. The molecular weight excluding hydrogens is 254 g/mol. The lowest BCUT2D eigenvalue weighted by Crippen LogP contribution is -2.13. The lowest BCUT2D eigenvalue weighted by atomic mass is 10.2. The molecule has 2 heterocycles. The molecule has 0 aliphatic heterocycles. The molecule has 3 N–H and O–H groups in total. The van der Waals surface area contributed by atoms with Crippen molar-refractivity contribution in [3.05, 3.63) is 29.2 Å². The quantitative estimate of drug-likeness (QED) is 0.890. The summed E-state index contributed by atoms with van der Waals surface area (Å²) < 4.78 is 5.53. The summed E-state index contributed by atoms with van der Waals surface area (Å²) in [5, 5.41) is 3.32. The third kappa shape index (κ3) is 2.45. The second-order valence-electron chi connectivity index (χ2n) is 5.39. The molecule has 6 nitrogen and oxygen atoms in total. The Balaban J connectivity index is 1.85. The van der Waals surface area contributed by atoms with Gasteiger partial charge in [-0.15, -0.1) is 0 Å². The maximum atomic E-state index is 5.98. The highest BCUT2D eigenvalue weighted by Gasteiger charge is 2.28. The first-order valence-corrected chi connectivity index (χ1v) is 6.87. The Morgan fingerprint density at radius 2 is 2.10 bits per heavy atom. The van der Waals surface area contributed by atoms with E-state index in [1.807, 2.05) is 20.8 Å². The Kier molecular flexibility index (Phi) is 3.08. The van der Waals surface area contributed by atoms with Crippen molar-refractivity contribution in [3.63, 3.8) is 0 Å². The zero-order valence-corrected chi connectivity index (χ0v) is 12.0. The average molecular weight is 273 g/mol. The van der Waals surface area contributed by atoms with Crippen molar-refractivity contribution in [1.82, 2.24) is 15.0 Å². The highest BCUT2D eigenvalue weighted by Crippen LogP contribution is 2.39. The number of hydrogen-bond acceptors (Lipinski definition) is 6. The first kappa shape index (κ1) is 12.9. The van der Waals surface area contributed by atoms with Crippen LogP contribution < -0.4 is 11.1 Å². The van der Waals surface area contributed by atoms with Crippen LogP contribution in [-0.4, -0.2) is 15.0 Å². The van der Waals surface area contributed by atoms with Crippen molar-refractivity contribution >= 4 is 11.6 Å². The van der Waals surface area contributed by atoms with Gasteiger partial charge in [-0.3, -0.25) is 0 Å². The topological polar surface area (TPSA) is 89.9 Å². The van der Waals surface area contributed by atoms with E-state index in [9.17, 15) is 0 Å². The SMILES string of the molecule is Cc1cnc(C(C)Nc2nc(C3CC3)nc(N)c2C)o1. The van der Waals surface area contributed by atoms with Crippen molar-refractivity contribution in [2.75, 3.05) is 11.1 Å². The summed E-state index contributed by atoms with van der Waals surface area (Å²) in [6, 6.07) is -0.0660. The van der Waals surface area contributed by atoms with Gasteiger partial charge < -0.3 is 15.5 Å². The maximum absolute atomic E-state index is 5.98. The minimum atomic E-state index is -0.0660. The predicted octanol–water partition coefficient (Wildman–Crippen LogP) is 2.71. The third-order valence-corrected chi connectivity index (χ3v) is 3.51. The molecule has 0 saturated heterocycles. The van der Waals surface area contributed by atoms with Crippen LogP contribution in [0.5, 0.6) is 0 Å². The smallest absolute Gasteiger partial charge is 0.216 e. The van der Waals surface area contributed by atoms with Gasteiger partial charge >= 0.3 is 0 Å². The van der Waals surface area contributed by atoms with E-state index in [2.05, 4.69) is 20.3 Å². The number of hydrogen-bond donors (Lipinski definition) is 2. The van der Waals surface area contributed by atoms with Crippen LogP contribution in [0.25, 0.3) is 0 Å². The number of aromatic nitrogens is 3. The molecule has 0 radical (unpaired) electrons. The molecule has 1 aliphatic carbocycles. The minimum Gasteiger partial charge on any atom is -0.444 e. The first-order chi connectivity index (χ1) is 9.54. The number of oxazole rings is 1. The van der Waals surface area contributed by atoms with Crippen LogP contribution in [0.4, 0.5) is 11.6 Å². The van der Waals surface area contributed by atoms with E-state index in [1.54, 1.807) is 6.20 Å². The van der Waals surface area contributed by atoms with Gasteiger partial charge in [-0.25, -0.2) is 15.0 Å². The Morgan fingerprint density at radius 3 is 2.70 bits per heavy atom. The van der Waals surface area contributed by atoms with Crippen molar-refractivity contribution in [1.29, 1.82) is 0 Å². The van der Waals surface area contributed by atoms with E-state index < -0.39 is 0 Å². The second-order valence-corrected chi connectivity index (χ2v) is 5.39. The zero-order valence-electron chi connectivity index (χ0n) is 12.0. The number of rotatable bonds is 4. The van der Waals surface area contributed by atoms with E-state index >= 15 is 0 Å². The largest absolute Gasteiger partial charge is 0.444 e. The van der Waals surface area contributed by atoms with Crippen LogP contribution in [0, 0.1) is 13.8 Å². The Hall–Kier alpha value is -2.11. The Labute approximate surface area is 117 Å². The van der Waals surface area contributed by atoms with E-state index in [0.717, 1.165) is 35.8 Å². The van der Waals surface area contributed by atoms with Gasteiger partial charge in [-0.1, -0.05) is 0 Å². The van der Waals surface area contributed by atoms with E-state index in [4.69, 9.17) is 10.2 Å². The molecule has 2 aromatic heterocycles. The summed E-state index contributed by atoms with van der Waals surface area (Å²) >= 11 is 0. The molecule has 6 heteroatoms. The maximum Gasteiger partial charge on any atom is 0.216 e. The van der Waals surface area contributed by atoms with Gasteiger partial charge in [0.1, 0.15) is 29.3 Å². The number of nitrogens with zero attached hydrogens (tertiary/aromatic N) is 3. The third-order valence-electron chi connectivity index (χ3n) is 3.51. The molecule has 0 aromatic carbocycles. The normalized spacial score (nSPS) is 16.1. The van der Waals surface area contributed by atoms with Gasteiger partial charge in [0, 0.05) is 11.5 Å². The molecule has 2 aromatic rings. The van der Waals surface area contributed by atoms with Gasteiger partial charge in [0.2, 0.25) is 5.89 Å². The fraction of sp³-hybridized carbons (Fsp3) is 0.500. The monoisotopic (exact) mass is 273 g/mol. The highest BCUT2D eigenvalue weighted by molar-refractivity contribution is 5.55. The standard InChI is InChI=1S/C14H19N5O/c1-7-6-16-14(20-7)9(3)17-12-8(2)11(15)18-13(19-12)10-4-5-10/h6,9-10H,4-5H2,1-3H3,(H3,15,17,18,19). The lowest BCUT2D eigenvalue weighted by Gasteiger charge is -2.15. The molecule has 3 rings (SSSR count). The van der Waals surface area contributed by atoms with Crippen LogP contribution in [-0.2, 0) is 0 Å². The van der Waals surface area contributed by atoms with E-state index in [1.165, 1.54) is 0 Å². The lowest BCUT2D eigenvalue weighted by molar-refractivity contribution is 0.453. The Bertz CT molecular complexity index is 632. The zero-order chi connectivity index (χ0) is 14.3.